The standard InChI is InChI=1S/C14H25N3O4/c1-3-10-4-6-11(7-5-10)16(2)14(21)17(8-12(15)18)9-13(19)20/h10-11H,3-9H2,1-2H3,(H2,15,18)(H,19,20). The van der Waals surface area contributed by atoms with Gasteiger partial charge >= 0.3 is 12.0 Å². The van der Waals surface area contributed by atoms with Gasteiger partial charge in [-0.1, -0.05) is 13.3 Å². The highest BCUT2D eigenvalue weighted by atomic mass is 16.4. The molecule has 7 nitrogen and oxygen atoms in total. The van der Waals surface area contributed by atoms with Crippen molar-refractivity contribution in [3.05, 3.63) is 0 Å². The van der Waals surface area contributed by atoms with E-state index in [-0.39, 0.29) is 12.6 Å². The predicted molar refractivity (Wildman–Crippen MR) is 77.6 cm³/mol. The third kappa shape index (κ3) is 5.24. The second-order valence-electron chi connectivity index (χ2n) is 5.69. The molecule has 0 aromatic rings. The van der Waals surface area contributed by atoms with Crippen LogP contribution in [-0.2, 0) is 9.59 Å². The Hall–Kier alpha value is -1.79. The average Bonchev–Trinajstić information content (AvgIpc) is 2.44. The van der Waals surface area contributed by atoms with E-state index in [9.17, 15) is 14.4 Å². The topological polar surface area (TPSA) is 104 Å². The molecule has 0 atom stereocenters. The van der Waals surface area contributed by atoms with E-state index in [1.807, 2.05) is 0 Å². The Morgan fingerprint density at radius 2 is 1.71 bits per heavy atom. The third-order valence-electron chi connectivity index (χ3n) is 4.19. The molecule has 0 heterocycles. The third-order valence-corrected chi connectivity index (χ3v) is 4.19. The summed E-state index contributed by atoms with van der Waals surface area (Å²) in [6.45, 7) is 1.28. The van der Waals surface area contributed by atoms with Gasteiger partial charge in [-0.3, -0.25) is 9.59 Å². The highest BCUT2D eigenvalue weighted by Gasteiger charge is 2.29. The molecule has 0 radical (unpaired) electrons. The van der Waals surface area contributed by atoms with Gasteiger partial charge in [-0.15, -0.1) is 0 Å². The maximum Gasteiger partial charge on any atom is 0.323 e. The number of hydrogen-bond donors (Lipinski definition) is 2. The zero-order valence-electron chi connectivity index (χ0n) is 12.7. The van der Waals surface area contributed by atoms with Gasteiger partial charge in [0, 0.05) is 13.1 Å². The van der Waals surface area contributed by atoms with Crippen LogP contribution in [0.1, 0.15) is 39.0 Å². The lowest BCUT2D eigenvalue weighted by atomic mass is 9.84. The minimum Gasteiger partial charge on any atom is -0.480 e. The number of urea groups is 1. The van der Waals surface area contributed by atoms with Crippen LogP contribution in [0, 0.1) is 5.92 Å². The van der Waals surface area contributed by atoms with E-state index in [2.05, 4.69) is 6.92 Å². The number of hydrogen-bond acceptors (Lipinski definition) is 3. The first-order chi connectivity index (χ1) is 9.85. The second kappa shape index (κ2) is 7.85. The Morgan fingerprint density at radius 1 is 1.14 bits per heavy atom. The normalized spacial score (nSPS) is 21.6. The number of amides is 3. The van der Waals surface area contributed by atoms with Crippen molar-refractivity contribution in [1.82, 2.24) is 9.80 Å². The number of nitrogens with zero attached hydrogens (tertiary/aromatic N) is 2. The smallest absolute Gasteiger partial charge is 0.323 e. The molecule has 0 aliphatic heterocycles. The molecular weight excluding hydrogens is 274 g/mol. The number of carboxylic acid groups (broad SMARTS) is 1. The van der Waals surface area contributed by atoms with E-state index in [1.54, 1.807) is 11.9 Å². The number of rotatable bonds is 6. The Balaban J connectivity index is 2.64. The molecule has 3 N–H and O–H groups in total. The van der Waals surface area contributed by atoms with E-state index >= 15 is 0 Å². The summed E-state index contributed by atoms with van der Waals surface area (Å²) in [6.07, 6.45) is 5.13. The van der Waals surface area contributed by atoms with Crippen LogP contribution < -0.4 is 5.73 Å². The molecule has 1 saturated carbocycles. The van der Waals surface area contributed by atoms with Gasteiger partial charge in [0.15, 0.2) is 0 Å². The van der Waals surface area contributed by atoms with Gasteiger partial charge in [-0.25, -0.2) is 4.79 Å². The minimum absolute atomic E-state index is 0.101. The molecule has 1 aliphatic rings. The van der Waals surface area contributed by atoms with Crippen molar-refractivity contribution in [2.45, 2.75) is 45.1 Å². The highest BCUT2D eigenvalue weighted by Crippen LogP contribution is 2.29. The first kappa shape index (κ1) is 17.3. The minimum atomic E-state index is -1.16. The van der Waals surface area contributed by atoms with Gasteiger partial charge in [-0.2, -0.15) is 0 Å². The first-order valence-electron chi connectivity index (χ1n) is 7.37. The lowest BCUT2D eigenvalue weighted by Crippen LogP contribution is -2.50. The van der Waals surface area contributed by atoms with Crippen LogP contribution in [0.2, 0.25) is 0 Å². The molecule has 1 aliphatic carbocycles. The van der Waals surface area contributed by atoms with Crippen LogP contribution >= 0.6 is 0 Å². The van der Waals surface area contributed by atoms with Gasteiger partial charge in [0.25, 0.3) is 0 Å². The van der Waals surface area contributed by atoms with Gasteiger partial charge in [0.2, 0.25) is 5.91 Å². The summed E-state index contributed by atoms with van der Waals surface area (Å²) in [4.78, 5) is 36.7. The van der Waals surface area contributed by atoms with Crippen molar-refractivity contribution in [1.29, 1.82) is 0 Å². The molecule has 21 heavy (non-hydrogen) atoms. The van der Waals surface area contributed by atoms with E-state index < -0.39 is 24.5 Å². The van der Waals surface area contributed by atoms with Crippen LogP contribution in [0.4, 0.5) is 4.79 Å². The number of carbonyl (C=O) groups excluding carboxylic acids is 2. The van der Waals surface area contributed by atoms with Gasteiger partial charge in [0.05, 0.1) is 0 Å². The molecule has 1 fully saturated rings. The van der Waals surface area contributed by atoms with Crippen LogP contribution in [0.5, 0.6) is 0 Å². The fraction of sp³-hybridized carbons (Fsp3) is 0.786. The largest absolute Gasteiger partial charge is 0.480 e. The highest BCUT2D eigenvalue weighted by molar-refractivity contribution is 5.86. The molecule has 0 aromatic carbocycles. The number of carbonyl (C=O) groups is 3. The molecular formula is C14H25N3O4. The van der Waals surface area contributed by atoms with Crippen molar-refractivity contribution in [3.63, 3.8) is 0 Å². The number of carboxylic acids is 1. The predicted octanol–water partition coefficient (Wildman–Crippen LogP) is 0.879. The summed E-state index contributed by atoms with van der Waals surface area (Å²) in [5, 5.41) is 8.84. The summed E-state index contributed by atoms with van der Waals surface area (Å²) in [5.41, 5.74) is 5.08. The maximum atomic E-state index is 12.3. The Kier molecular flexibility index (Phi) is 6.45. The van der Waals surface area contributed by atoms with E-state index in [1.165, 1.54) is 0 Å². The molecule has 0 unspecified atom stereocenters. The summed E-state index contributed by atoms with van der Waals surface area (Å²) in [6, 6.07) is -0.347. The van der Waals surface area contributed by atoms with Crippen LogP contribution in [-0.4, -0.2) is 59.0 Å². The van der Waals surface area contributed by atoms with Crippen molar-refractivity contribution < 1.29 is 19.5 Å². The Morgan fingerprint density at radius 3 is 2.14 bits per heavy atom. The number of primary amides is 1. The Labute approximate surface area is 125 Å². The average molecular weight is 299 g/mol. The zero-order chi connectivity index (χ0) is 16.0. The Bertz CT molecular complexity index is 376. The zero-order valence-corrected chi connectivity index (χ0v) is 12.7. The van der Waals surface area contributed by atoms with Crippen molar-refractivity contribution in [2.75, 3.05) is 20.1 Å². The van der Waals surface area contributed by atoms with Crippen LogP contribution in [0.15, 0.2) is 0 Å². The van der Waals surface area contributed by atoms with E-state index in [0.29, 0.717) is 5.92 Å². The molecule has 0 spiro atoms. The van der Waals surface area contributed by atoms with Crippen molar-refractivity contribution >= 4 is 17.9 Å². The maximum absolute atomic E-state index is 12.3. The van der Waals surface area contributed by atoms with Crippen molar-refractivity contribution in [2.24, 2.45) is 11.7 Å². The lowest BCUT2D eigenvalue weighted by molar-refractivity contribution is -0.138. The van der Waals surface area contributed by atoms with Crippen molar-refractivity contribution in [3.8, 4) is 0 Å². The van der Waals surface area contributed by atoms with Gasteiger partial charge in [-0.05, 0) is 31.6 Å². The van der Waals surface area contributed by atoms with Gasteiger partial charge < -0.3 is 20.6 Å². The fourth-order valence-electron chi connectivity index (χ4n) is 2.86. The van der Waals surface area contributed by atoms with Crippen LogP contribution in [0.25, 0.3) is 0 Å². The monoisotopic (exact) mass is 299 g/mol. The summed E-state index contributed by atoms with van der Waals surface area (Å²) in [7, 11) is 1.66. The van der Waals surface area contributed by atoms with Gasteiger partial charge in [0.1, 0.15) is 13.1 Å². The molecule has 3 amide bonds. The number of aliphatic carboxylic acids is 1. The molecule has 120 valence electrons. The fourth-order valence-corrected chi connectivity index (χ4v) is 2.86. The SMILES string of the molecule is CCC1CCC(N(C)C(=O)N(CC(N)=O)CC(=O)O)CC1. The quantitative estimate of drug-likeness (QED) is 0.759. The van der Waals surface area contributed by atoms with E-state index in [0.717, 1.165) is 37.0 Å². The first-order valence-corrected chi connectivity index (χ1v) is 7.37. The van der Waals surface area contributed by atoms with E-state index in [4.69, 9.17) is 10.8 Å². The summed E-state index contributed by atoms with van der Waals surface area (Å²) in [5.74, 6) is -1.16. The number of nitrogens with two attached hydrogens (primary N) is 1. The molecule has 7 heteroatoms. The summed E-state index contributed by atoms with van der Waals surface area (Å²) >= 11 is 0. The van der Waals surface area contributed by atoms with Crippen LogP contribution in [0.3, 0.4) is 0 Å². The molecule has 1 rings (SSSR count). The lowest BCUT2D eigenvalue weighted by Gasteiger charge is -2.36. The molecule has 0 aromatic heterocycles. The second-order valence-corrected chi connectivity index (χ2v) is 5.69. The summed E-state index contributed by atoms with van der Waals surface area (Å²) < 4.78 is 0. The molecule has 0 saturated heterocycles. The molecule has 0 bridgehead atoms.